The monoisotopic (exact) mass is 412 g/mol. The molecule has 0 aliphatic carbocycles. The second kappa shape index (κ2) is 13.8. The lowest BCUT2D eigenvalue weighted by molar-refractivity contribution is 0.266. The Kier molecular flexibility index (Phi) is 11.0. The van der Waals surface area contributed by atoms with Gasteiger partial charge in [0.2, 0.25) is 0 Å². The number of unbranched alkanes of at least 4 members (excludes halogenated alkanes) is 1. The maximum atomic E-state index is 5.85. The third-order valence-electron chi connectivity index (χ3n) is 5.50. The van der Waals surface area contributed by atoms with Crippen LogP contribution in [0.25, 0.3) is 0 Å². The van der Waals surface area contributed by atoms with Gasteiger partial charge in [-0.1, -0.05) is 27.7 Å². The minimum Gasteiger partial charge on any atom is -0.494 e. The number of hydrogen-bond acceptors (Lipinski definition) is 4. The lowest BCUT2D eigenvalue weighted by Gasteiger charge is -2.16. The molecular weight excluding hydrogens is 372 g/mol. The van der Waals surface area contributed by atoms with E-state index in [4.69, 9.17) is 9.47 Å². The third-order valence-corrected chi connectivity index (χ3v) is 5.50. The van der Waals surface area contributed by atoms with Gasteiger partial charge in [0.25, 0.3) is 0 Å². The van der Waals surface area contributed by atoms with Crippen molar-refractivity contribution in [2.75, 3.05) is 23.8 Å². The first-order chi connectivity index (χ1) is 14.7. The van der Waals surface area contributed by atoms with Crippen LogP contribution in [0.4, 0.5) is 11.4 Å². The summed E-state index contributed by atoms with van der Waals surface area (Å²) in [5, 5.41) is 7.09. The van der Waals surface area contributed by atoms with Crippen molar-refractivity contribution in [1.82, 2.24) is 0 Å². The van der Waals surface area contributed by atoms with Crippen LogP contribution in [0.2, 0.25) is 0 Å². The number of benzene rings is 2. The predicted octanol–water partition coefficient (Wildman–Crippen LogP) is 7.13. The molecule has 0 saturated heterocycles. The summed E-state index contributed by atoms with van der Waals surface area (Å²) in [6.07, 6.45) is 6.49. The van der Waals surface area contributed by atoms with Crippen LogP contribution in [-0.4, -0.2) is 25.3 Å². The summed E-state index contributed by atoms with van der Waals surface area (Å²) in [4.78, 5) is 0. The molecule has 4 nitrogen and oxygen atoms in total. The smallest absolute Gasteiger partial charge is 0.119 e. The molecule has 4 heteroatoms. The summed E-state index contributed by atoms with van der Waals surface area (Å²) in [6, 6.07) is 17.6. The Morgan fingerprint density at radius 3 is 1.20 bits per heavy atom. The summed E-state index contributed by atoms with van der Waals surface area (Å²) in [5.74, 6) is 1.85. The summed E-state index contributed by atoms with van der Waals surface area (Å²) in [5.41, 5.74) is 2.32. The zero-order valence-corrected chi connectivity index (χ0v) is 19.2. The maximum absolute atomic E-state index is 5.85. The van der Waals surface area contributed by atoms with Gasteiger partial charge < -0.3 is 20.1 Å². The second-order valence-electron chi connectivity index (χ2n) is 7.77. The summed E-state index contributed by atoms with van der Waals surface area (Å²) in [6.45, 7) is 10.3. The van der Waals surface area contributed by atoms with E-state index >= 15 is 0 Å². The molecule has 0 aromatic heterocycles. The van der Waals surface area contributed by atoms with E-state index in [2.05, 4.69) is 62.6 Å². The van der Waals surface area contributed by atoms with Crippen LogP contribution in [0.15, 0.2) is 48.5 Å². The highest BCUT2D eigenvalue weighted by molar-refractivity contribution is 5.47. The second-order valence-corrected chi connectivity index (χ2v) is 7.77. The van der Waals surface area contributed by atoms with Crippen LogP contribution < -0.4 is 20.1 Å². The molecule has 2 aromatic carbocycles. The Morgan fingerprint density at radius 2 is 0.900 bits per heavy atom. The molecule has 2 aromatic rings. The highest BCUT2D eigenvalue weighted by atomic mass is 16.5. The number of anilines is 2. The van der Waals surface area contributed by atoms with Gasteiger partial charge in [-0.15, -0.1) is 0 Å². The summed E-state index contributed by atoms with van der Waals surface area (Å²) < 4.78 is 11.7. The van der Waals surface area contributed by atoms with E-state index in [1.54, 1.807) is 0 Å². The van der Waals surface area contributed by atoms with Gasteiger partial charge in [0.15, 0.2) is 0 Å². The topological polar surface area (TPSA) is 42.5 Å². The van der Waals surface area contributed by atoms with E-state index in [0.29, 0.717) is 25.3 Å². The number of nitrogens with one attached hydrogen (secondary N) is 2. The Morgan fingerprint density at radius 1 is 0.567 bits per heavy atom. The van der Waals surface area contributed by atoms with Gasteiger partial charge >= 0.3 is 0 Å². The van der Waals surface area contributed by atoms with Gasteiger partial charge in [-0.25, -0.2) is 0 Å². The molecule has 0 aliphatic rings. The van der Waals surface area contributed by atoms with Crippen molar-refractivity contribution in [3.63, 3.8) is 0 Å². The molecule has 0 radical (unpaired) electrons. The fraction of sp³-hybridized carbons (Fsp3) is 0.538. The van der Waals surface area contributed by atoms with Crippen molar-refractivity contribution in [3.8, 4) is 11.5 Å². The Labute approximate surface area is 183 Å². The van der Waals surface area contributed by atoms with E-state index in [-0.39, 0.29) is 0 Å². The fourth-order valence-corrected chi connectivity index (χ4v) is 3.34. The van der Waals surface area contributed by atoms with Gasteiger partial charge in [0.1, 0.15) is 11.5 Å². The molecule has 2 N–H and O–H groups in total. The van der Waals surface area contributed by atoms with Crippen LogP contribution in [0, 0.1) is 0 Å². The highest BCUT2D eigenvalue weighted by Crippen LogP contribution is 2.19. The molecule has 0 saturated carbocycles. The minimum atomic E-state index is 0.536. The quantitative estimate of drug-likeness (QED) is 0.305. The first-order valence-corrected chi connectivity index (χ1v) is 11.7. The van der Waals surface area contributed by atoms with E-state index < -0.39 is 0 Å². The van der Waals surface area contributed by atoms with Crippen LogP contribution in [0.5, 0.6) is 11.5 Å². The van der Waals surface area contributed by atoms with Crippen molar-refractivity contribution < 1.29 is 9.47 Å². The Hall–Kier alpha value is -2.36. The highest BCUT2D eigenvalue weighted by Gasteiger charge is 2.04. The summed E-state index contributed by atoms with van der Waals surface area (Å²) >= 11 is 0. The first-order valence-electron chi connectivity index (χ1n) is 11.7. The predicted molar refractivity (Wildman–Crippen MR) is 129 cm³/mol. The van der Waals surface area contributed by atoms with Gasteiger partial charge in [-0.05, 0) is 87.1 Å². The van der Waals surface area contributed by atoms with E-state index in [9.17, 15) is 0 Å². The first kappa shape index (κ1) is 23.9. The van der Waals surface area contributed by atoms with E-state index in [1.165, 1.54) is 0 Å². The molecule has 0 heterocycles. The van der Waals surface area contributed by atoms with Crippen LogP contribution in [0.3, 0.4) is 0 Å². The lowest BCUT2D eigenvalue weighted by Crippen LogP contribution is -2.16. The molecule has 166 valence electrons. The van der Waals surface area contributed by atoms with E-state index in [0.717, 1.165) is 61.4 Å². The largest absolute Gasteiger partial charge is 0.494 e. The SMILES string of the molecule is CCC(CC)Nc1ccc(OCCCCOc2ccc(NC(CC)CC)cc2)cc1. The zero-order chi connectivity index (χ0) is 21.6. The average Bonchev–Trinajstić information content (AvgIpc) is 2.79. The Balaban J connectivity index is 1.60. The average molecular weight is 413 g/mol. The van der Waals surface area contributed by atoms with Crippen LogP contribution in [0.1, 0.15) is 66.2 Å². The fourth-order valence-electron chi connectivity index (χ4n) is 3.34. The molecule has 0 aliphatic heterocycles. The van der Waals surface area contributed by atoms with Gasteiger partial charge in [-0.3, -0.25) is 0 Å². The Bertz CT molecular complexity index is 616. The number of rotatable bonds is 15. The van der Waals surface area contributed by atoms with Crippen molar-refractivity contribution in [2.24, 2.45) is 0 Å². The maximum Gasteiger partial charge on any atom is 0.119 e. The standard InChI is InChI=1S/C26H40N2O2/c1-5-21(6-2)27-23-11-15-25(16-12-23)29-19-9-10-20-30-26-17-13-24(14-18-26)28-22(7-3)8-4/h11-18,21-22,27-28H,5-10,19-20H2,1-4H3. The molecular formula is C26H40N2O2. The minimum absolute atomic E-state index is 0.536. The molecule has 0 unspecified atom stereocenters. The van der Waals surface area contributed by atoms with Gasteiger partial charge in [0.05, 0.1) is 13.2 Å². The molecule has 0 atom stereocenters. The molecule has 0 amide bonds. The van der Waals surface area contributed by atoms with Crippen molar-refractivity contribution >= 4 is 11.4 Å². The molecule has 30 heavy (non-hydrogen) atoms. The normalized spacial score (nSPS) is 11.0. The summed E-state index contributed by atoms with van der Waals surface area (Å²) in [7, 11) is 0. The lowest BCUT2D eigenvalue weighted by atomic mass is 10.1. The van der Waals surface area contributed by atoms with Crippen LogP contribution >= 0.6 is 0 Å². The zero-order valence-electron chi connectivity index (χ0n) is 19.2. The van der Waals surface area contributed by atoms with Crippen molar-refractivity contribution in [1.29, 1.82) is 0 Å². The molecule has 0 bridgehead atoms. The van der Waals surface area contributed by atoms with Crippen LogP contribution in [-0.2, 0) is 0 Å². The number of ether oxygens (including phenoxy) is 2. The van der Waals surface area contributed by atoms with Crippen molar-refractivity contribution in [3.05, 3.63) is 48.5 Å². The van der Waals surface area contributed by atoms with Gasteiger partial charge in [-0.2, -0.15) is 0 Å². The third kappa shape index (κ3) is 8.56. The van der Waals surface area contributed by atoms with Crippen molar-refractivity contribution in [2.45, 2.75) is 78.3 Å². The van der Waals surface area contributed by atoms with Gasteiger partial charge in [0, 0.05) is 23.5 Å². The molecule has 2 rings (SSSR count). The molecule has 0 spiro atoms. The van der Waals surface area contributed by atoms with E-state index in [1.807, 2.05) is 24.3 Å². The number of hydrogen-bond donors (Lipinski definition) is 2. The molecule has 0 fully saturated rings.